The Morgan fingerprint density at radius 1 is 1.47 bits per heavy atom. The zero-order valence-corrected chi connectivity index (χ0v) is 8.64. The summed E-state index contributed by atoms with van der Waals surface area (Å²) in [5, 5.41) is 11.6. The molecule has 1 aliphatic rings. The molecule has 0 radical (unpaired) electrons. The first kappa shape index (κ1) is 8.79. The van der Waals surface area contributed by atoms with Crippen molar-refractivity contribution in [2.45, 2.75) is 13.3 Å². The molecule has 1 saturated heterocycles. The molecule has 1 aliphatic heterocycles. The quantitative estimate of drug-likeness (QED) is 0.757. The third-order valence-corrected chi connectivity index (χ3v) is 2.84. The fourth-order valence-corrected chi connectivity index (χ4v) is 1.82. The van der Waals surface area contributed by atoms with Crippen molar-refractivity contribution in [1.82, 2.24) is 24.9 Å². The molecular weight excluding hydrogens is 190 g/mol. The molecule has 0 amide bonds. The van der Waals surface area contributed by atoms with E-state index in [9.17, 15) is 0 Å². The van der Waals surface area contributed by atoms with Crippen molar-refractivity contribution in [3.63, 3.8) is 0 Å². The summed E-state index contributed by atoms with van der Waals surface area (Å²) in [6, 6.07) is 1.95. The minimum atomic E-state index is 0.707. The first-order valence-electron chi connectivity index (χ1n) is 5.20. The van der Waals surface area contributed by atoms with Gasteiger partial charge >= 0.3 is 0 Å². The van der Waals surface area contributed by atoms with E-state index in [0.717, 1.165) is 36.7 Å². The van der Waals surface area contributed by atoms with Gasteiger partial charge in [-0.25, -0.2) is 4.98 Å². The summed E-state index contributed by atoms with van der Waals surface area (Å²) >= 11 is 0. The van der Waals surface area contributed by atoms with Gasteiger partial charge in [0.2, 0.25) is 0 Å². The SMILES string of the molecule is Cc1cc2nnc(CC3CNC3)n2cn1. The second-order valence-electron chi connectivity index (χ2n) is 4.10. The first-order chi connectivity index (χ1) is 7.33. The summed E-state index contributed by atoms with van der Waals surface area (Å²) in [7, 11) is 0. The number of hydrogen-bond donors (Lipinski definition) is 1. The Hall–Kier alpha value is -1.49. The van der Waals surface area contributed by atoms with Crippen LogP contribution < -0.4 is 5.32 Å². The van der Waals surface area contributed by atoms with Gasteiger partial charge in [-0.3, -0.25) is 4.40 Å². The number of nitrogens with zero attached hydrogens (tertiary/aromatic N) is 4. The molecule has 0 saturated carbocycles. The van der Waals surface area contributed by atoms with Crippen LogP contribution in [0.15, 0.2) is 12.4 Å². The Morgan fingerprint density at radius 3 is 3.07 bits per heavy atom. The van der Waals surface area contributed by atoms with E-state index >= 15 is 0 Å². The van der Waals surface area contributed by atoms with Crippen LogP contribution in [-0.2, 0) is 6.42 Å². The minimum absolute atomic E-state index is 0.707. The molecule has 2 aromatic heterocycles. The predicted molar refractivity (Wildman–Crippen MR) is 55.6 cm³/mol. The highest BCUT2D eigenvalue weighted by atomic mass is 15.3. The molecule has 0 spiro atoms. The van der Waals surface area contributed by atoms with Gasteiger partial charge < -0.3 is 5.32 Å². The number of nitrogens with one attached hydrogen (secondary N) is 1. The van der Waals surface area contributed by atoms with Gasteiger partial charge in [-0.1, -0.05) is 0 Å². The minimum Gasteiger partial charge on any atom is -0.316 e. The van der Waals surface area contributed by atoms with Crippen LogP contribution >= 0.6 is 0 Å². The van der Waals surface area contributed by atoms with Crippen molar-refractivity contribution >= 4 is 5.65 Å². The number of aryl methyl sites for hydroxylation is 1. The molecule has 5 heteroatoms. The van der Waals surface area contributed by atoms with Crippen LogP contribution in [0.1, 0.15) is 11.5 Å². The average Bonchev–Trinajstić information content (AvgIpc) is 2.54. The lowest BCUT2D eigenvalue weighted by molar-refractivity contribution is 0.340. The van der Waals surface area contributed by atoms with Crippen LogP contribution in [0.3, 0.4) is 0 Å². The smallest absolute Gasteiger partial charge is 0.163 e. The van der Waals surface area contributed by atoms with E-state index < -0.39 is 0 Å². The van der Waals surface area contributed by atoms with Crippen molar-refractivity contribution in [3.05, 3.63) is 23.9 Å². The van der Waals surface area contributed by atoms with Crippen molar-refractivity contribution in [2.75, 3.05) is 13.1 Å². The summed E-state index contributed by atoms with van der Waals surface area (Å²) in [6.07, 6.45) is 2.80. The van der Waals surface area contributed by atoms with E-state index in [1.165, 1.54) is 0 Å². The van der Waals surface area contributed by atoms with Gasteiger partial charge in [0.1, 0.15) is 12.2 Å². The highest BCUT2D eigenvalue weighted by molar-refractivity contribution is 5.38. The zero-order valence-electron chi connectivity index (χ0n) is 8.64. The lowest BCUT2D eigenvalue weighted by atomic mass is 9.99. The normalized spacial score (nSPS) is 16.9. The maximum absolute atomic E-state index is 4.26. The van der Waals surface area contributed by atoms with Crippen LogP contribution in [0.5, 0.6) is 0 Å². The fraction of sp³-hybridized carbons (Fsp3) is 0.500. The predicted octanol–water partition coefficient (Wildman–Crippen LogP) is 0.195. The van der Waals surface area contributed by atoms with E-state index in [2.05, 4.69) is 20.5 Å². The van der Waals surface area contributed by atoms with Gasteiger partial charge in [-0.2, -0.15) is 0 Å². The molecule has 78 valence electrons. The standard InChI is InChI=1S/C10H13N5/c1-7-2-9-13-14-10(15(9)6-12-7)3-8-4-11-5-8/h2,6,8,11H,3-5H2,1H3. The van der Waals surface area contributed by atoms with Crippen molar-refractivity contribution < 1.29 is 0 Å². The highest BCUT2D eigenvalue weighted by Gasteiger charge is 2.19. The van der Waals surface area contributed by atoms with Crippen LogP contribution in [-0.4, -0.2) is 32.7 Å². The van der Waals surface area contributed by atoms with Gasteiger partial charge in [-0.15, -0.1) is 10.2 Å². The summed E-state index contributed by atoms with van der Waals surface area (Å²) in [4.78, 5) is 4.26. The Bertz CT molecular complexity index is 486. The van der Waals surface area contributed by atoms with Crippen LogP contribution in [0.25, 0.3) is 5.65 Å². The first-order valence-corrected chi connectivity index (χ1v) is 5.20. The molecule has 1 fully saturated rings. The van der Waals surface area contributed by atoms with Crippen LogP contribution in [0.2, 0.25) is 0 Å². The molecule has 0 bridgehead atoms. The molecule has 0 aromatic carbocycles. The fourth-order valence-electron chi connectivity index (χ4n) is 1.82. The van der Waals surface area contributed by atoms with E-state index in [1.807, 2.05) is 23.7 Å². The Morgan fingerprint density at radius 2 is 2.33 bits per heavy atom. The molecule has 0 unspecified atom stereocenters. The Balaban J connectivity index is 1.96. The molecular formula is C10H13N5. The van der Waals surface area contributed by atoms with E-state index in [0.29, 0.717) is 5.92 Å². The van der Waals surface area contributed by atoms with Gasteiger partial charge in [0, 0.05) is 18.2 Å². The second kappa shape index (κ2) is 3.27. The number of rotatable bonds is 2. The zero-order chi connectivity index (χ0) is 10.3. The molecule has 15 heavy (non-hydrogen) atoms. The van der Waals surface area contributed by atoms with Crippen molar-refractivity contribution in [1.29, 1.82) is 0 Å². The van der Waals surface area contributed by atoms with Gasteiger partial charge in [-0.05, 0) is 25.9 Å². The van der Waals surface area contributed by atoms with E-state index in [1.54, 1.807) is 0 Å². The molecule has 2 aromatic rings. The number of aromatic nitrogens is 4. The highest BCUT2D eigenvalue weighted by Crippen LogP contribution is 2.12. The van der Waals surface area contributed by atoms with Crippen LogP contribution in [0.4, 0.5) is 0 Å². The number of hydrogen-bond acceptors (Lipinski definition) is 4. The van der Waals surface area contributed by atoms with E-state index in [4.69, 9.17) is 0 Å². The van der Waals surface area contributed by atoms with Crippen LogP contribution in [0, 0.1) is 12.8 Å². The van der Waals surface area contributed by atoms with Gasteiger partial charge in [0.15, 0.2) is 5.65 Å². The molecule has 3 rings (SSSR count). The summed E-state index contributed by atoms with van der Waals surface area (Å²) < 4.78 is 1.98. The summed E-state index contributed by atoms with van der Waals surface area (Å²) in [6.45, 7) is 4.15. The van der Waals surface area contributed by atoms with Crippen molar-refractivity contribution in [2.24, 2.45) is 5.92 Å². The topological polar surface area (TPSA) is 55.1 Å². The molecule has 3 heterocycles. The molecule has 0 atom stereocenters. The maximum Gasteiger partial charge on any atom is 0.163 e. The summed E-state index contributed by atoms with van der Waals surface area (Å²) in [5.74, 6) is 1.72. The summed E-state index contributed by atoms with van der Waals surface area (Å²) in [5.41, 5.74) is 1.87. The Kier molecular flexibility index (Phi) is 1.92. The van der Waals surface area contributed by atoms with E-state index in [-0.39, 0.29) is 0 Å². The number of fused-ring (bicyclic) bond motifs is 1. The lowest BCUT2D eigenvalue weighted by Gasteiger charge is -2.26. The molecule has 0 aliphatic carbocycles. The third-order valence-electron chi connectivity index (χ3n) is 2.84. The monoisotopic (exact) mass is 203 g/mol. The molecule has 1 N–H and O–H groups in total. The Labute approximate surface area is 87.5 Å². The maximum atomic E-state index is 4.26. The average molecular weight is 203 g/mol. The van der Waals surface area contributed by atoms with Crippen molar-refractivity contribution in [3.8, 4) is 0 Å². The molecule has 5 nitrogen and oxygen atoms in total. The van der Waals surface area contributed by atoms with Gasteiger partial charge in [0.05, 0.1) is 0 Å². The van der Waals surface area contributed by atoms with Gasteiger partial charge in [0.25, 0.3) is 0 Å². The lowest BCUT2D eigenvalue weighted by Crippen LogP contribution is -2.43. The largest absolute Gasteiger partial charge is 0.316 e. The second-order valence-corrected chi connectivity index (χ2v) is 4.10. The third kappa shape index (κ3) is 1.48.